The third-order valence-corrected chi connectivity index (χ3v) is 3.71. The fourth-order valence-corrected chi connectivity index (χ4v) is 2.29. The quantitative estimate of drug-likeness (QED) is 0.273. The van der Waals surface area contributed by atoms with Gasteiger partial charge in [0.2, 0.25) is 0 Å². The van der Waals surface area contributed by atoms with E-state index in [1.165, 1.54) is 38.5 Å². The summed E-state index contributed by atoms with van der Waals surface area (Å²) in [7, 11) is 0. The lowest BCUT2D eigenvalue weighted by Gasteiger charge is -2.07. The van der Waals surface area contributed by atoms with Gasteiger partial charge in [0.25, 0.3) is 0 Å². The van der Waals surface area contributed by atoms with E-state index in [9.17, 15) is 0 Å². The van der Waals surface area contributed by atoms with Crippen LogP contribution in [0, 0.1) is 0 Å². The van der Waals surface area contributed by atoms with Gasteiger partial charge in [-0.05, 0) is 55.4 Å². The minimum atomic E-state index is 0.166. The zero-order valence-corrected chi connectivity index (χ0v) is 15.1. The highest BCUT2D eigenvalue weighted by Gasteiger charge is 1.99. The van der Waals surface area contributed by atoms with Crippen molar-refractivity contribution in [2.24, 2.45) is 10.8 Å². The third kappa shape index (κ3) is 9.18. The largest absolute Gasteiger partial charge is 0.494 e. The van der Waals surface area contributed by atoms with Crippen molar-refractivity contribution < 1.29 is 4.74 Å². The highest BCUT2D eigenvalue weighted by molar-refractivity contribution is 7.80. The van der Waals surface area contributed by atoms with Gasteiger partial charge in [-0.1, -0.05) is 45.4 Å². The predicted molar refractivity (Wildman–Crippen MR) is 102 cm³/mol. The van der Waals surface area contributed by atoms with E-state index >= 15 is 0 Å². The van der Waals surface area contributed by atoms with Crippen molar-refractivity contribution in [2.45, 2.75) is 58.8 Å². The fourth-order valence-electron chi connectivity index (χ4n) is 2.25. The Labute approximate surface area is 145 Å². The number of hydrazone groups is 1. The summed E-state index contributed by atoms with van der Waals surface area (Å²) in [6, 6.07) is 7.91. The van der Waals surface area contributed by atoms with Crippen LogP contribution < -0.4 is 15.9 Å². The van der Waals surface area contributed by atoms with E-state index in [4.69, 9.17) is 22.7 Å². The van der Waals surface area contributed by atoms with Gasteiger partial charge < -0.3 is 10.5 Å². The van der Waals surface area contributed by atoms with Crippen LogP contribution in [0.1, 0.15) is 64.4 Å². The first-order chi connectivity index (χ1) is 11.1. The van der Waals surface area contributed by atoms with Crippen LogP contribution in [0.3, 0.4) is 0 Å². The summed E-state index contributed by atoms with van der Waals surface area (Å²) in [5.74, 6) is 0.898. The lowest BCUT2D eigenvalue weighted by atomic mass is 10.1. The van der Waals surface area contributed by atoms with Crippen molar-refractivity contribution in [2.75, 3.05) is 6.61 Å². The first kappa shape index (κ1) is 19.4. The van der Waals surface area contributed by atoms with Crippen molar-refractivity contribution in [3.05, 3.63) is 29.8 Å². The maximum Gasteiger partial charge on any atom is 0.184 e. The molecular formula is C18H29N3OS. The molecule has 1 rings (SSSR count). The Hall–Kier alpha value is -1.62. The van der Waals surface area contributed by atoms with Gasteiger partial charge in [0.05, 0.1) is 12.3 Å². The summed E-state index contributed by atoms with van der Waals surface area (Å²) < 4.78 is 5.77. The van der Waals surface area contributed by atoms with Gasteiger partial charge in [0.15, 0.2) is 5.11 Å². The summed E-state index contributed by atoms with van der Waals surface area (Å²) >= 11 is 4.72. The molecule has 0 spiro atoms. The number of thiocarbonyl (C=S) groups is 1. The van der Waals surface area contributed by atoms with E-state index in [2.05, 4.69) is 17.5 Å². The molecule has 5 heteroatoms. The van der Waals surface area contributed by atoms with Crippen molar-refractivity contribution >= 4 is 23.0 Å². The minimum absolute atomic E-state index is 0.166. The van der Waals surface area contributed by atoms with Crippen LogP contribution in [0.2, 0.25) is 0 Å². The molecule has 1 aromatic carbocycles. The Morgan fingerprint density at radius 1 is 1.09 bits per heavy atom. The van der Waals surface area contributed by atoms with Crippen LogP contribution in [0.15, 0.2) is 29.4 Å². The molecule has 0 amide bonds. The van der Waals surface area contributed by atoms with E-state index < -0.39 is 0 Å². The summed E-state index contributed by atoms with van der Waals surface area (Å²) in [4.78, 5) is 0. The molecule has 0 fully saturated rings. The predicted octanol–water partition coefficient (Wildman–Crippen LogP) is 4.37. The average molecular weight is 336 g/mol. The second-order valence-corrected chi connectivity index (χ2v) is 6.11. The van der Waals surface area contributed by atoms with E-state index in [0.717, 1.165) is 30.1 Å². The number of hydrogen-bond acceptors (Lipinski definition) is 3. The zero-order valence-electron chi connectivity index (χ0n) is 14.3. The molecule has 128 valence electrons. The molecule has 4 nitrogen and oxygen atoms in total. The van der Waals surface area contributed by atoms with Crippen molar-refractivity contribution in [3.8, 4) is 5.75 Å². The van der Waals surface area contributed by atoms with E-state index in [-0.39, 0.29) is 5.11 Å². The first-order valence-corrected chi connectivity index (χ1v) is 8.87. The molecular weight excluding hydrogens is 306 g/mol. The van der Waals surface area contributed by atoms with Gasteiger partial charge in [-0.25, -0.2) is 0 Å². The highest BCUT2D eigenvalue weighted by atomic mass is 32.1. The number of nitrogens with one attached hydrogen (secondary N) is 1. The van der Waals surface area contributed by atoms with E-state index in [1.807, 2.05) is 31.2 Å². The number of rotatable bonds is 11. The van der Waals surface area contributed by atoms with Gasteiger partial charge in [0, 0.05) is 0 Å². The molecule has 0 heterocycles. The number of unbranched alkanes of at least 4 members (excludes halogenated alkanes) is 6. The molecule has 0 bridgehead atoms. The van der Waals surface area contributed by atoms with Gasteiger partial charge in [0.1, 0.15) is 5.75 Å². The SMILES string of the molecule is CCCCCCCCCOc1ccc(/C(C)=N\NC(N)=S)cc1. The average Bonchev–Trinajstić information content (AvgIpc) is 2.55. The Morgan fingerprint density at radius 3 is 2.30 bits per heavy atom. The number of hydrogen-bond donors (Lipinski definition) is 2. The molecule has 0 aliphatic rings. The number of ether oxygens (including phenoxy) is 1. The minimum Gasteiger partial charge on any atom is -0.494 e. The van der Waals surface area contributed by atoms with Gasteiger partial charge in [-0.3, -0.25) is 5.43 Å². The molecule has 0 atom stereocenters. The van der Waals surface area contributed by atoms with Gasteiger partial charge >= 0.3 is 0 Å². The van der Waals surface area contributed by atoms with E-state index in [0.29, 0.717) is 0 Å². The number of nitrogens with two attached hydrogens (primary N) is 1. The van der Waals surface area contributed by atoms with Crippen LogP contribution in [0.5, 0.6) is 5.75 Å². The highest BCUT2D eigenvalue weighted by Crippen LogP contribution is 2.14. The van der Waals surface area contributed by atoms with Crippen molar-refractivity contribution in [3.63, 3.8) is 0 Å². The third-order valence-electron chi connectivity index (χ3n) is 3.62. The molecule has 3 N–H and O–H groups in total. The summed E-state index contributed by atoms with van der Waals surface area (Å²) in [6.45, 7) is 4.93. The fraction of sp³-hybridized carbons (Fsp3) is 0.556. The smallest absolute Gasteiger partial charge is 0.184 e. The second-order valence-electron chi connectivity index (χ2n) is 5.67. The number of benzene rings is 1. The molecule has 23 heavy (non-hydrogen) atoms. The Morgan fingerprint density at radius 2 is 1.70 bits per heavy atom. The molecule has 0 aromatic heterocycles. The maximum atomic E-state index is 5.77. The van der Waals surface area contributed by atoms with Crippen LogP contribution in [0.4, 0.5) is 0 Å². The van der Waals surface area contributed by atoms with Crippen LogP contribution >= 0.6 is 12.2 Å². The van der Waals surface area contributed by atoms with Crippen molar-refractivity contribution in [1.29, 1.82) is 0 Å². The van der Waals surface area contributed by atoms with Crippen molar-refractivity contribution in [1.82, 2.24) is 5.43 Å². The van der Waals surface area contributed by atoms with Crippen LogP contribution in [-0.4, -0.2) is 17.4 Å². The van der Waals surface area contributed by atoms with E-state index in [1.54, 1.807) is 0 Å². The molecule has 0 aliphatic carbocycles. The maximum absolute atomic E-state index is 5.77. The monoisotopic (exact) mass is 335 g/mol. The Bertz CT molecular complexity index is 486. The number of nitrogens with zero attached hydrogens (tertiary/aromatic N) is 1. The summed E-state index contributed by atoms with van der Waals surface area (Å²) in [5.41, 5.74) is 9.78. The summed E-state index contributed by atoms with van der Waals surface area (Å²) in [5, 5.41) is 4.27. The molecule has 0 aliphatic heterocycles. The topological polar surface area (TPSA) is 59.6 Å². The summed E-state index contributed by atoms with van der Waals surface area (Å²) in [6.07, 6.45) is 9.06. The van der Waals surface area contributed by atoms with Gasteiger partial charge in [-0.2, -0.15) is 5.10 Å². The lowest BCUT2D eigenvalue weighted by molar-refractivity contribution is 0.304. The van der Waals surface area contributed by atoms with Gasteiger partial charge in [-0.15, -0.1) is 0 Å². The second kappa shape index (κ2) is 11.9. The molecule has 0 radical (unpaired) electrons. The zero-order chi connectivity index (χ0) is 16.9. The molecule has 1 aromatic rings. The van der Waals surface area contributed by atoms with Crippen LogP contribution in [-0.2, 0) is 0 Å². The molecule has 0 saturated carbocycles. The Kier molecular flexibility index (Phi) is 10.0. The Balaban J connectivity index is 2.24. The van der Waals surface area contributed by atoms with Crippen LogP contribution in [0.25, 0.3) is 0 Å². The standard InChI is InChI=1S/C18H29N3OS/c1-3-4-5-6-7-8-9-14-22-17-12-10-16(11-13-17)15(2)20-21-18(19)23/h10-13H,3-9,14H2,1-2H3,(H3,19,21,23)/b20-15-. The molecule has 0 saturated heterocycles. The molecule has 0 unspecified atom stereocenters. The lowest BCUT2D eigenvalue weighted by Crippen LogP contribution is -2.25. The first-order valence-electron chi connectivity index (χ1n) is 8.46. The normalized spacial score (nSPS) is 11.3.